The largest absolute Gasteiger partial charge is 0.497 e. The second kappa shape index (κ2) is 14.9. The number of ether oxygens (including phenoxy) is 1. The molecule has 0 radical (unpaired) electrons. The Hall–Kier alpha value is -4.82. The average Bonchev–Trinajstić information content (AvgIpc) is 3.02. The molecule has 0 aliphatic heterocycles. The zero-order chi connectivity index (χ0) is 30.8. The molecule has 0 saturated carbocycles. The number of methoxy groups -OCH3 is 1. The predicted molar refractivity (Wildman–Crippen MR) is 174 cm³/mol. The van der Waals surface area contributed by atoms with E-state index in [2.05, 4.69) is 29.8 Å². The maximum atomic E-state index is 13.4. The Labute approximate surface area is 256 Å². The summed E-state index contributed by atoms with van der Waals surface area (Å²) in [5, 5.41) is 8.18. The quantitative estimate of drug-likeness (QED) is 0.125. The summed E-state index contributed by atoms with van der Waals surface area (Å²) in [5.41, 5.74) is 3.75. The van der Waals surface area contributed by atoms with E-state index >= 15 is 0 Å². The van der Waals surface area contributed by atoms with Gasteiger partial charge >= 0.3 is 0 Å². The monoisotopic (exact) mass is 593 g/mol. The Kier molecular flexibility index (Phi) is 10.8. The molecule has 8 heteroatoms. The van der Waals surface area contributed by atoms with E-state index in [0.29, 0.717) is 28.6 Å². The van der Waals surface area contributed by atoms with Crippen LogP contribution in [0.5, 0.6) is 5.75 Å². The smallest absolute Gasteiger partial charge is 0.272 e. The van der Waals surface area contributed by atoms with Gasteiger partial charge in [-0.2, -0.15) is 0 Å². The van der Waals surface area contributed by atoms with E-state index in [9.17, 15) is 14.4 Å². The van der Waals surface area contributed by atoms with Crippen LogP contribution in [0.2, 0.25) is 0 Å². The Morgan fingerprint density at radius 2 is 1.47 bits per heavy atom. The van der Waals surface area contributed by atoms with Crippen molar-refractivity contribution in [1.29, 1.82) is 0 Å². The molecule has 0 aliphatic carbocycles. The molecule has 0 bridgehead atoms. The van der Waals surface area contributed by atoms with Gasteiger partial charge in [-0.1, -0.05) is 62.4 Å². The Balaban J connectivity index is 1.44. The van der Waals surface area contributed by atoms with Gasteiger partial charge in [-0.05, 0) is 78.6 Å². The third kappa shape index (κ3) is 9.08. The van der Waals surface area contributed by atoms with Crippen LogP contribution in [0.3, 0.4) is 0 Å². The lowest BCUT2D eigenvalue weighted by molar-refractivity contribution is -0.115. The first-order chi connectivity index (χ1) is 20.7. The summed E-state index contributed by atoms with van der Waals surface area (Å²) >= 11 is 1.40. The number of benzene rings is 4. The summed E-state index contributed by atoms with van der Waals surface area (Å²) in [7, 11) is 1.58. The highest BCUT2D eigenvalue weighted by Gasteiger charge is 2.17. The van der Waals surface area contributed by atoms with Crippen LogP contribution in [0.4, 0.5) is 11.4 Å². The van der Waals surface area contributed by atoms with Crippen molar-refractivity contribution in [2.24, 2.45) is 0 Å². The molecule has 0 aromatic heterocycles. The number of anilines is 2. The predicted octanol–water partition coefficient (Wildman–Crippen LogP) is 7.35. The summed E-state index contributed by atoms with van der Waals surface area (Å²) in [5.74, 6) is 0.0703. The van der Waals surface area contributed by atoms with E-state index in [0.717, 1.165) is 10.5 Å². The SMILES string of the molecule is COc1cccc(NC(=O)C(C)Sc2ccc(NC(=O)/C(=C/c3ccc(C(C)C)cc3)NC(=O)c3ccccc3)cc2)c1. The van der Waals surface area contributed by atoms with Crippen molar-refractivity contribution in [3.63, 3.8) is 0 Å². The van der Waals surface area contributed by atoms with Crippen molar-refractivity contribution >= 4 is 46.9 Å². The minimum atomic E-state index is -0.455. The normalized spacial score (nSPS) is 11.9. The molecule has 4 rings (SSSR count). The van der Waals surface area contributed by atoms with Crippen molar-refractivity contribution < 1.29 is 19.1 Å². The summed E-state index contributed by atoms with van der Waals surface area (Å²) < 4.78 is 5.22. The van der Waals surface area contributed by atoms with Gasteiger partial charge in [0.05, 0.1) is 12.4 Å². The van der Waals surface area contributed by atoms with Gasteiger partial charge in [0.1, 0.15) is 11.4 Å². The number of rotatable bonds is 11. The average molecular weight is 594 g/mol. The highest BCUT2D eigenvalue weighted by molar-refractivity contribution is 8.00. The lowest BCUT2D eigenvalue weighted by Crippen LogP contribution is -2.30. The minimum absolute atomic E-state index is 0.118. The summed E-state index contributed by atoms with van der Waals surface area (Å²) in [6.45, 7) is 6.06. The fourth-order valence-electron chi connectivity index (χ4n) is 4.10. The number of thioether (sulfide) groups is 1. The first-order valence-electron chi connectivity index (χ1n) is 13.9. The van der Waals surface area contributed by atoms with Crippen LogP contribution in [-0.2, 0) is 9.59 Å². The number of amides is 3. The van der Waals surface area contributed by atoms with Gasteiger partial charge in [0.15, 0.2) is 0 Å². The van der Waals surface area contributed by atoms with Crippen molar-refractivity contribution in [3.8, 4) is 5.75 Å². The van der Waals surface area contributed by atoms with Gasteiger partial charge in [0.2, 0.25) is 5.91 Å². The number of hydrogen-bond donors (Lipinski definition) is 3. The van der Waals surface area contributed by atoms with Crippen LogP contribution in [-0.4, -0.2) is 30.1 Å². The maximum absolute atomic E-state index is 13.4. The fourth-order valence-corrected chi connectivity index (χ4v) is 4.97. The van der Waals surface area contributed by atoms with E-state index in [1.165, 1.54) is 17.3 Å². The zero-order valence-electron chi connectivity index (χ0n) is 24.6. The number of hydrogen-bond acceptors (Lipinski definition) is 5. The lowest BCUT2D eigenvalue weighted by Gasteiger charge is -2.14. The third-order valence-corrected chi connectivity index (χ3v) is 7.69. The van der Waals surface area contributed by atoms with Gasteiger partial charge in [-0.15, -0.1) is 11.8 Å². The first kappa shape index (κ1) is 31.1. The third-order valence-electron chi connectivity index (χ3n) is 6.57. The van der Waals surface area contributed by atoms with Gasteiger partial charge in [0.25, 0.3) is 11.8 Å². The van der Waals surface area contributed by atoms with Crippen LogP contribution in [0.25, 0.3) is 6.08 Å². The Bertz CT molecular complexity index is 1580. The Morgan fingerprint density at radius 1 is 0.767 bits per heavy atom. The molecule has 220 valence electrons. The van der Waals surface area contributed by atoms with Gasteiger partial charge in [-0.25, -0.2) is 0 Å². The molecule has 0 fully saturated rings. The second-order valence-electron chi connectivity index (χ2n) is 10.2. The molecule has 0 spiro atoms. The van der Waals surface area contributed by atoms with Crippen LogP contribution in [0, 0.1) is 0 Å². The van der Waals surface area contributed by atoms with E-state index in [1.807, 2.05) is 61.5 Å². The highest BCUT2D eigenvalue weighted by atomic mass is 32.2. The van der Waals surface area contributed by atoms with Gasteiger partial charge < -0.3 is 20.7 Å². The van der Waals surface area contributed by atoms with E-state index < -0.39 is 5.91 Å². The molecule has 4 aromatic rings. The molecular weight excluding hydrogens is 558 g/mol. The number of nitrogens with one attached hydrogen (secondary N) is 3. The molecule has 7 nitrogen and oxygen atoms in total. The topological polar surface area (TPSA) is 96.5 Å². The highest BCUT2D eigenvalue weighted by Crippen LogP contribution is 2.26. The molecule has 0 saturated heterocycles. The Morgan fingerprint density at radius 3 is 2.12 bits per heavy atom. The molecular formula is C35H35N3O4S. The molecule has 4 aromatic carbocycles. The number of carbonyl (C=O) groups excluding carboxylic acids is 3. The maximum Gasteiger partial charge on any atom is 0.272 e. The van der Waals surface area contributed by atoms with Crippen molar-refractivity contribution in [2.45, 2.75) is 36.8 Å². The van der Waals surface area contributed by atoms with Crippen molar-refractivity contribution in [2.75, 3.05) is 17.7 Å². The van der Waals surface area contributed by atoms with Crippen LogP contribution in [0.1, 0.15) is 48.2 Å². The summed E-state index contributed by atoms with van der Waals surface area (Å²) in [6.07, 6.45) is 1.66. The summed E-state index contributed by atoms with van der Waals surface area (Å²) in [4.78, 5) is 39.9. The molecule has 43 heavy (non-hydrogen) atoms. The van der Waals surface area contributed by atoms with E-state index in [1.54, 1.807) is 61.7 Å². The fraction of sp³-hybridized carbons (Fsp3) is 0.171. The molecule has 3 amide bonds. The van der Waals surface area contributed by atoms with E-state index in [-0.39, 0.29) is 22.8 Å². The molecule has 0 heterocycles. The molecule has 1 atom stereocenters. The minimum Gasteiger partial charge on any atom is -0.497 e. The second-order valence-corrected chi connectivity index (χ2v) is 11.6. The standard InChI is InChI=1S/C35H35N3O4S/c1-23(2)26-15-13-25(14-16-26)21-32(38-34(40)27-9-6-5-7-10-27)35(41)36-28-17-19-31(20-18-28)43-24(3)33(39)37-29-11-8-12-30(22-29)42-4/h5-24H,1-4H3,(H,36,41)(H,37,39)(H,38,40)/b32-21-. The molecule has 0 aliphatic rings. The van der Waals surface area contributed by atoms with Gasteiger partial charge in [0, 0.05) is 27.9 Å². The first-order valence-corrected chi connectivity index (χ1v) is 14.8. The van der Waals surface area contributed by atoms with Crippen LogP contribution >= 0.6 is 11.8 Å². The van der Waals surface area contributed by atoms with Crippen molar-refractivity contribution in [3.05, 3.63) is 126 Å². The number of carbonyl (C=O) groups is 3. The zero-order valence-corrected chi connectivity index (χ0v) is 25.4. The van der Waals surface area contributed by atoms with E-state index in [4.69, 9.17) is 4.74 Å². The van der Waals surface area contributed by atoms with Crippen LogP contribution < -0.4 is 20.7 Å². The lowest BCUT2D eigenvalue weighted by atomic mass is 10.0. The summed E-state index contributed by atoms with van der Waals surface area (Å²) in [6, 6.07) is 31.0. The van der Waals surface area contributed by atoms with Crippen molar-refractivity contribution in [1.82, 2.24) is 5.32 Å². The molecule has 3 N–H and O–H groups in total. The van der Waals surface area contributed by atoms with Crippen LogP contribution in [0.15, 0.2) is 114 Å². The van der Waals surface area contributed by atoms with Gasteiger partial charge in [-0.3, -0.25) is 14.4 Å². The molecule has 1 unspecified atom stereocenters.